The average molecular weight is 300 g/mol. The summed E-state index contributed by atoms with van der Waals surface area (Å²) in [5.41, 5.74) is 2.38. The Morgan fingerprint density at radius 2 is 1.90 bits per heavy atom. The fourth-order valence-electron chi connectivity index (χ4n) is 2.08. The Balaban J connectivity index is 2.08. The lowest BCUT2D eigenvalue weighted by atomic mass is 10.1. The number of oxime groups is 1. The van der Waals surface area contributed by atoms with Crippen molar-refractivity contribution >= 4 is 28.3 Å². The Labute approximate surface area is 127 Å². The van der Waals surface area contributed by atoms with E-state index in [-0.39, 0.29) is 0 Å². The van der Waals surface area contributed by atoms with Crippen LogP contribution < -0.4 is 0 Å². The van der Waals surface area contributed by atoms with E-state index in [1.165, 1.54) is 0 Å². The van der Waals surface area contributed by atoms with Gasteiger partial charge < -0.3 is 9.25 Å². The normalized spacial score (nSPS) is 11.8. The van der Waals surface area contributed by atoms with Gasteiger partial charge in [0.15, 0.2) is 11.5 Å². The molecule has 3 nitrogen and oxygen atoms in total. The van der Waals surface area contributed by atoms with Gasteiger partial charge in [-0.15, -0.1) is 0 Å². The van der Waals surface area contributed by atoms with Crippen LogP contribution in [0.1, 0.15) is 18.2 Å². The molecule has 0 radical (unpaired) electrons. The summed E-state index contributed by atoms with van der Waals surface area (Å²) in [5, 5.41) is 5.90. The first kappa shape index (κ1) is 13.7. The van der Waals surface area contributed by atoms with Gasteiger partial charge in [-0.05, 0) is 31.2 Å². The summed E-state index contributed by atoms with van der Waals surface area (Å²) in [7, 11) is 0. The number of nitrogens with zero attached hydrogens (tertiary/aromatic N) is 1. The number of rotatable bonds is 4. The van der Waals surface area contributed by atoms with Crippen molar-refractivity contribution in [3.63, 3.8) is 0 Å². The van der Waals surface area contributed by atoms with Crippen LogP contribution in [-0.2, 0) is 4.84 Å². The second-order valence-electron chi connectivity index (χ2n) is 4.51. The SMILES string of the molecule is CCO/N=C(/c1ccc(Cl)cc1)c1cc2ccccc2o1. The molecular formula is C17H14ClNO2. The standard InChI is InChI=1S/C17H14ClNO2/c1-2-20-19-17(12-7-9-14(18)10-8-12)16-11-13-5-3-4-6-15(13)21-16/h3-11H,2H2,1H3/b19-17-. The number of furan rings is 1. The molecule has 0 bridgehead atoms. The fourth-order valence-corrected chi connectivity index (χ4v) is 2.20. The third-order valence-electron chi connectivity index (χ3n) is 3.06. The Morgan fingerprint density at radius 1 is 1.14 bits per heavy atom. The third kappa shape index (κ3) is 2.93. The first-order valence-corrected chi connectivity index (χ1v) is 7.10. The van der Waals surface area contributed by atoms with Gasteiger partial charge in [0.25, 0.3) is 0 Å². The molecule has 21 heavy (non-hydrogen) atoms. The minimum absolute atomic E-state index is 0.497. The zero-order valence-corrected chi connectivity index (χ0v) is 12.3. The summed E-state index contributed by atoms with van der Waals surface area (Å²) in [6, 6.07) is 17.2. The van der Waals surface area contributed by atoms with E-state index in [0.29, 0.717) is 23.1 Å². The van der Waals surface area contributed by atoms with Crippen molar-refractivity contribution in [2.45, 2.75) is 6.92 Å². The van der Waals surface area contributed by atoms with E-state index in [1.54, 1.807) is 0 Å². The highest BCUT2D eigenvalue weighted by Gasteiger charge is 2.13. The molecule has 0 spiro atoms. The van der Waals surface area contributed by atoms with Crippen molar-refractivity contribution in [3.05, 3.63) is 70.9 Å². The molecule has 3 rings (SSSR count). The average Bonchev–Trinajstić information content (AvgIpc) is 2.93. The second-order valence-corrected chi connectivity index (χ2v) is 4.95. The van der Waals surface area contributed by atoms with Crippen LogP contribution in [0.5, 0.6) is 0 Å². The van der Waals surface area contributed by atoms with Gasteiger partial charge in [0, 0.05) is 16.0 Å². The number of fused-ring (bicyclic) bond motifs is 1. The first-order valence-electron chi connectivity index (χ1n) is 6.73. The van der Waals surface area contributed by atoms with Gasteiger partial charge in [-0.3, -0.25) is 0 Å². The van der Waals surface area contributed by atoms with E-state index in [0.717, 1.165) is 16.5 Å². The third-order valence-corrected chi connectivity index (χ3v) is 3.31. The van der Waals surface area contributed by atoms with Crippen molar-refractivity contribution in [2.24, 2.45) is 5.16 Å². The number of para-hydroxylation sites is 1. The molecular weight excluding hydrogens is 286 g/mol. The Hall–Kier alpha value is -2.26. The van der Waals surface area contributed by atoms with Gasteiger partial charge in [0.1, 0.15) is 12.2 Å². The number of benzene rings is 2. The fraction of sp³-hybridized carbons (Fsp3) is 0.118. The molecule has 0 aliphatic heterocycles. The van der Waals surface area contributed by atoms with Gasteiger partial charge in [-0.25, -0.2) is 0 Å². The maximum absolute atomic E-state index is 5.94. The first-order chi connectivity index (χ1) is 10.3. The van der Waals surface area contributed by atoms with Crippen LogP contribution in [-0.4, -0.2) is 12.3 Å². The zero-order chi connectivity index (χ0) is 14.7. The molecule has 0 saturated carbocycles. The number of hydrogen-bond acceptors (Lipinski definition) is 3. The van der Waals surface area contributed by atoms with Gasteiger partial charge in [0.2, 0.25) is 0 Å². The molecule has 0 amide bonds. The van der Waals surface area contributed by atoms with E-state index in [4.69, 9.17) is 20.9 Å². The molecule has 0 aliphatic rings. The molecule has 0 unspecified atom stereocenters. The van der Waals surface area contributed by atoms with Crippen molar-refractivity contribution in [2.75, 3.05) is 6.61 Å². The second kappa shape index (κ2) is 6.02. The quantitative estimate of drug-likeness (QED) is 0.508. The summed E-state index contributed by atoms with van der Waals surface area (Å²) in [6.45, 7) is 2.39. The summed E-state index contributed by atoms with van der Waals surface area (Å²) in [4.78, 5) is 5.23. The molecule has 3 aromatic rings. The maximum atomic E-state index is 5.94. The molecule has 2 aromatic carbocycles. The van der Waals surface area contributed by atoms with Crippen LogP contribution >= 0.6 is 11.6 Å². The lowest BCUT2D eigenvalue weighted by Gasteiger charge is -2.03. The summed E-state index contributed by atoms with van der Waals surface area (Å²) in [5.74, 6) is 0.673. The van der Waals surface area contributed by atoms with Crippen LogP contribution in [0.3, 0.4) is 0 Å². The summed E-state index contributed by atoms with van der Waals surface area (Å²) >= 11 is 5.94. The topological polar surface area (TPSA) is 34.7 Å². The van der Waals surface area contributed by atoms with Crippen LogP contribution in [0.25, 0.3) is 11.0 Å². The molecule has 0 aliphatic carbocycles. The number of halogens is 1. The Kier molecular flexibility index (Phi) is 3.93. The maximum Gasteiger partial charge on any atom is 0.157 e. The Morgan fingerprint density at radius 3 is 2.62 bits per heavy atom. The van der Waals surface area contributed by atoms with E-state index < -0.39 is 0 Å². The molecule has 1 heterocycles. The molecule has 0 N–H and O–H groups in total. The predicted molar refractivity (Wildman–Crippen MR) is 84.9 cm³/mol. The molecule has 1 aromatic heterocycles. The van der Waals surface area contributed by atoms with Crippen LogP contribution in [0.2, 0.25) is 5.02 Å². The Bertz CT molecular complexity index is 742. The monoisotopic (exact) mass is 299 g/mol. The minimum Gasteiger partial charge on any atom is -0.454 e. The molecule has 0 saturated heterocycles. The van der Waals surface area contributed by atoms with Crippen LogP contribution in [0.15, 0.2) is 64.2 Å². The van der Waals surface area contributed by atoms with E-state index in [2.05, 4.69) is 5.16 Å². The molecule has 106 valence electrons. The summed E-state index contributed by atoms with van der Waals surface area (Å²) < 4.78 is 5.87. The van der Waals surface area contributed by atoms with E-state index in [9.17, 15) is 0 Å². The van der Waals surface area contributed by atoms with Crippen molar-refractivity contribution in [1.82, 2.24) is 0 Å². The lowest BCUT2D eigenvalue weighted by Crippen LogP contribution is -2.03. The minimum atomic E-state index is 0.497. The molecule has 0 fully saturated rings. The van der Waals surface area contributed by atoms with Gasteiger partial charge in [0.05, 0.1) is 0 Å². The largest absolute Gasteiger partial charge is 0.454 e. The smallest absolute Gasteiger partial charge is 0.157 e. The van der Waals surface area contributed by atoms with Crippen LogP contribution in [0.4, 0.5) is 0 Å². The molecule has 4 heteroatoms. The van der Waals surface area contributed by atoms with Gasteiger partial charge in [-0.2, -0.15) is 0 Å². The van der Waals surface area contributed by atoms with E-state index in [1.807, 2.05) is 61.5 Å². The van der Waals surface area contributed by atoms with Gasteiger partial charge in [-0.1, -0.05) is 47.1 Å². The van der Waals surface area contributed by atoms with Crippen molar-refractivity contribution in [3.8, 4) is 0 Å². The van der Waals surface area contributed by atoms with E-state index >= 15 is 0 Å². The highest BCUT2D eigenvalue weighted by atomic mass is 35.5. The zero-order valence-electron chi connectivity index (χ0n) is 11.5. The number of hydrogen-bond donors (Lipinski definition) is 0. The predicted octanol–water partition coefficient (Wildman–Crippen LogP) is 4.88. The lowest BCUT2D eigenvalue weighted by molar-refractivity contribution is 0.159. The summed E-state index contributed by atoms with van der Waals surface area (Å²) in [6.07, 6.45) is 0. The molecule has 0 atom stereocenters. The van der Waals surface area contributed by atoms with Gasteiger partial charge >= 0.3 is 0 Å². The van der Waals surface area contributed by atoms with Crippen molar-refractivity contribution < 1.29 is 9.25 Å². The highest BCUT2D eigenvalue weighted by molar-refractivity contribution is 6.30. The van der Waals surface area contributed by atoms with Crippen LogP contribution in [0, 0.1) is 0 Å². The highest BCUT2D eigenvalue weighted by Crippen LogP contribution is 2.22. The van der Waals surface area contributed by atoms with Crippen molar-refractivity contribution in [1.29, 1.82) is 0 Å².